The van der Waals surface area contributed by atoms with E-state index in [1.54, 1.807) is 6.07 Å². The number of aliphatic carboxylic acids is 1. The summed E-state index contributed by atoms with van der Waals surface area (Å²) in [6.45, 7) is 5.18. The number of hydrogen-bond donors (Lipinski definition) is 2. The molecule has 4 aromatic carbocycles. The summed E-state index contributed by atoms with van der Waals surface area (Å²) in [5.41, 5.74) is 0.538. The number of benzene rings is 4. The van der Waals surface area contributed by atoms with Gasteiger partial charge >= 0.3 is 12.1 Å². The van der Waals surface area contributed by atoms with Crippen molar-refractivity contribution in [3.8, 4) is 5.75 Å². The molecule has 9 heteroatoms. The van der Waals surface area contributed by atoms with Crippen molar-refractivity contribution in [3.63, 3.8) is 0 Å². The molecule has 0 amide bonds. The van der Waals surface area contributed by atoms with Crippen LogP contribution in [-0.4, -0.2) is 30.8 Å². The Balaban J connectivity index is 0.00000576. The highest BCUT2D eigenvalue weighted by Gasteiger charge is 2.39. The van der Waals surface area contributed by atoms with Crippen LogP contribution in [0.25, 0.3) is 0 Å². The molecule has 0 aliphatic carbocycles. The number of carbonyl (C=O) groups is 1. The van der Waals surface area contributed by atoms with Crippen LogP contribution in [0.1, 0.15) is 60.9 Å². The summed E-state index contributed by atoms with van der Waals surface area (Å²) in [5, 5.41) is 13.2. The van der Waals surface area contributed by atoms with E-state index in [2.05, 4.69) is 5.32 Å². The molecule has 246 valence electrons. The molecule has 4 nitrogen and oxygen atoms in total. The molecule has 4 aromatic rings. The van der Waals surface area contributed by atoms with Crippen molar-refractivity contribution in [2.45, 2.75) is 56.5 Å². The maximum Gasteiger partial charge on any atom is 0.417 e. The molecule has 46 heavy (non-hydrogen) atoms. The zero-order valence-electron chi connectivity index (χ0n) is 25.9. The fourth-order valence-electron chi connectivity index (χ4n) is 6.07. The van der Waals surface area contributed by atoms with Gasteiger partial charge in [-0.2, -0.15) is 13.2 Å². The molecule has 0 saturated carbocycles. The lowest BCUT2D eigenvalue weighted by molar-refractivity contribution is -0.144. The molecule has 0 aliphatic rings. The number of alkyl halides is 3. The van der Waals surface area contributed by atoms with Crippen LogP contribution >= 0.6 is 24.0 Å². The minimum atomic E-state index is -4.56. The third-order valence-corrected chi connectivity index (χ3v) is 9.17. The van der Waals surface area contributed by atoms with Crippen molar-refractivity contribution < 1.29 is 27.8 Å². The Kier molecular flexibility index (Phi) is 13.1. The first-order chi connectivity index (χ1) is 21.6. The van der Waals surface area contributed by atoms with Crippen LogP contribution in [0.15, 0.2) is 103 Å². The van der Waals surface area contributed by atoms with Crippen LogP contribution in [0.3, 0.4) is 0 Å². The monoisotopic (exact) mass is 673 g/mol. The molecule has 0 saturated heterocycles. The number of carboxylic acid groups (broad SMARTS) is 1. The molecule has 0 spiro atoms. The van der Waals surface area contributed by atoms with E-state index in [4.69, 9.17) is 16.3 Å². The molecule has 0 aliphatic heterocycles. The average molecular weight is 675 g/mol. The number of ether oxygens (including phenoxy) is 1. The highest BCUT2D eigenvalue weighted by Crippen LogP contribution is 2.41. The van der Waals surface area contributed by atoms with Gasteiger partial charge in [0.05, 0.1) is 22.6 Å². The second-order valence-electron chi connectivity index (χ2n) is 11.3. The molecule has 2 N–H and O–H groups in total. The normalized spacial score (nSPS) is 12.0. The third kappa shape index (κ3) is 8.24. The number of carboxylic acids is 1. The van der Waals surface area contributed by atoms with Crippen molar-refractivity contribution in [2.75, 3.05) is 19.7 Å². The van der Waals surface area contributed by atoms with Gasteiger partial charge < -0.3 is 15.2 Å². The van der Waals surface area contributed by atoms with Gasteiger partial charge in [-0.15, -0.1) is 12.4 Å². The van der Waals surface area contributed by atoms with E-state index < -0.39 is 28.5 Å². The van der Waals surface area contributed by atoms with Gasteiger partial charge in [-0.3, -0.25) is 4.79 Å². The summed E-state index contributed by atoms with van der Waals surface area (Å²) in [7, 11) is 0. The number of nitrogens with one attached hydrogen (secondary N) is 1. The maximum absolute atomic E-state index is 13.8. The van der Waals surface area contributed by atoms with Crippen molar-refractivity contribution >= 4 is 30.0 Å². The molecular weight excluding hydrogens is 634 g/mol. The van der Waals surface area contributed by atoms with Gasteiger partial charge in [0.1, 0.15) is 5.75 Å². The van der Waals surface area contributed by atoms with Crippen LogP contribution in [0.2, 0.25) is 5.02 Å². The summed E-state index contributed by atoms with van der Waals surface area (Å²) in [6.07, 6.45) is -2.71. The van der Waals surface area contributed by atoms with Gasteiger partial charge in [0.15, 0.2) is 0 Å². The standard InChI is InChI=1S/C37H39ClF3NO3.ClH/c1-3-35(4-2,34(43)44)30-19-12-20-31(24-30)45-23-13-22-42-26-36(28-15-7-5-8-16-28,29-17-9-6-10-18-29)25-27-14-11-21-32(33(27)38)37(39,40)41;/h5-12,14-21,24,42H,3-4,13,22-23,25-26H2,1-2H3,(H,43,44);1H. The van der Waals surface area contributed by atoms with Gasteiger partial charge in [-0.1, -0.05) is 110 Å². The number of halogens is 5. The van der Waals surface area contributed by atoms with Crippen LogP contribution < -0.4 is 10.1 Å². The predicted octanol–water partition coefficient (Wildman–Crippen LogP) is 9.51. The van der Waals surface area contributed by atoms with Crippen LogP contribution in [-0.2, 0) is 28.2 Å². The Hall–Kier alpha value is -3.52. The van der Waals surface area contributed by atoms with E-state index in [0.717, 1.165) is 22.8 Å². The van der Waals surface area contributed by atoms with Crippen LogP contribution in [0.4, 0.5) is 13.2 Å². The van der Waals surface area contributed by atoms with Crippen molar-refractivity contribution in [1.82, 2.24) is 5.32 Å². The van der Waals surface area contributed by atoms with E-state index in [-0.39, 0.29) is 23.9 Å². The molecule has 0 heterocycles. The molecule has 0 fully saturated rings. The molecule has 0 radical (unpaired) electrons. The van der Waals surface area contributed by atoms with Crippen molar-refractivity contribution in [3.05, 3.63) is 136 Å². The lowest BCUT2D eigenvalue weighted by Gasteiger charge is -2.36. The van der Waals surface area contributed by atoms with E-state index in [1.807, 2.05) is 98.8 Å². The molecule has 0 atom stereocenters. The fourth-order valence-corrected chi connectivity index (χ4v) is 6.37. The molecule has 0 unspecified atom stereocenters. The number of rotatable bonds is 15. The van der Waals surface area contributed by atoms with Gasteiger partial charge in [0.2, 0.25) is 0 Å². The second-order valence-corrected chi connectivity index (χ2v) is 11.6. The highest BCUT2D eigenvalue weighted by molar-refractivity contribution is 6.32. The highest BCUT2D eigenvalue weighted by atomic mass is 35.5. The van der Waals surface area contributed by atoms with E-state index >= 15 is 0 Å². The smallest absolute Gasteiger partial charge is 0.417 e. The van der Waals surface area contributed by atoms with Gasteiger partial charge in [-0.05, 0) is 72.7 Å². The Morgan fingerprint density at radius 3 is 1.93 bits per heavy atom. The van der Waals surface area contributed by atoms with Crippen LogP contribution in [0.5, 0.6) is 5.75 Å². The summed E-state index contributed by atoms with van der Waals surface area (Å²) in [6, 6.07) is 30.9. The maximum atomic E-state index is 13.8. The first-order valence-corrected chi connectivity index (χ1v) is 15.6. The zero-order valence-corrected chi connectivity index (χ0v) is 27.5. The van der Waals surface area contributed by atoms with E-state index in [1.165, 1.54) is 6.07 Å². The topological polar surface area (TPSA) is 58.6 Å². The molecular formula is C37H40Cl2F3NO3. The SMILES string of the molecule is CCC(CC)(C(=O)O)c1cccc(OCCCNCC(Cc2cccc(C(F)(F)F)c2Cl)(c2ccccc2)c2ccccc2)c1.Cl. The molecule has 0 aromatic heterocycles. The fraction of sp³-hybridized carbons (Fsp3) is 0.324. The van der Waals surface area contributed by atoms with E-state index in [9.17, 15) is 23.1 Å². The van der Waals surface area contributed by atoms with Crippen molar-refractivity contribution in [1.29, 1.82) is 0 Å². The zero-order chi connectivity index (χ0) is 32.5. The van der Waals surface area contributed by atoms with Gasteiger partial charge in [-0.25, -0.2) is 0 Å². The summed E-state index contributed by atoms with van der Waals surface area (Å²) in [4.78, 5) is 12.1. The summed E-state index contributed by atoms with van der Waals surface area (Å²) in [5.74, 6) is -0.234. The minimum absolute atomic E-state index is 0. The summed E-state index contributed by atoms with van der Waals surface area (Å²) < 4.78 is 47.3. The third-order valence-electron chi connectivity index (χ3n) is 8.73. The van der Waals surface area contributed by atoms with Gasteiger partial charge in [0, 0.05) is 12.0 Å². The molecule has 0 bridgehead atoms. The Bertz CT molecular complexity index is 1510. The lowest BCUT2D eigenvalue weighted by atomic mass is 9.70. The second kappa shape index (κ2) is 16.3. The minimum Gasteiger partial charge on any atom is -0.494 e. The largest absolute Gasteiger partial charge is 0.494 e. The van der Waals surface area contributed by atoms with E-state index in [0.29, 0.717) is 50.3 Å². The molecule has 4 rings (SSSR count). The Morgan fingerprint density at radius 2 is 1.39 bits per heavy atom. The first kappa shape index (κ1) is 36.9. The Labute approximate surface area is 280 Å². The van der Waals surface area contributed by atoms with Crippen molar-refractivity contribution in [2.24, 2.45) is 0 Å². The predicted molar refractivity (Wildman–Crippen MR) is 180 cm³/mol. The number of hydrogen-bond acceptors (Lipinski definition) is 3. The average Bonchev–Trinajstić information content (AvgIpc) is 3.04. The lowest BCUT2D eigenvalue weighted by Crippen LogP contribution is -2.42. The van der Waals surface area contributed by atoms with Crippen LogP contribution in [0, 0.1) is 0 Å². The summed E-state index contributed by atoms with van der Waals surface area (Å²) >= 11 is 6.42. The first-order valence-electron chi connectivity index (χ1n) is 15.2. The van der Waals surface area contributed by atoms with Gasteiger partial charge in [0.25, 0.3) is 0 Å². The Morgan fingerprint density at radius 1 is 0.826 bits per heavy atom. The quantitative estimate of drug-likeness (QED) is 0.123.